The summed E-state index contributed by atoms with van der Waals surface area (Å²) in [5.74, 6) is -0.550. The van der Waals surface area contributed by atoms with Crippen molar-refractivity contribution in [2.45, 2.75) is 36.5 Å². The number of amides is 1. The third-order valence-electron chi connectivity index (χ3n) is 5.58. The van der Waals surface area contributed by atoms with Gasteiger partial charge in [-0.05, 0) is 74.7 Å². The first-order valence-corrected chi connectivity index (χ1v) is 13.8. The molecular formula is C23H25N5O5S2. The molecule has 1 aromatic heterocycles. The topological polar surface area (TPSA) is 138 Å². The summed E-state index contributed by atoms with van der Waals surface area (Å²) in [6.07, 6.45) is 3.08. The highest BCUT2D eigenvalue weighted by molar-refractivity contribution is 7.92. The third kappa shape index (κ3) is 5.50. The van der Waals surface area contributed by atoms with Gasteiger partial charge in [0.2, 0.25) is 16.0 Å². The van der Waals surface area contributed by atoms with Crippen LogP contribution >= 0.6 is 0 Å². The van der Waals surface area contributed by atoms with Crippen molar-refractivity contribution in [3.8, 4) is 0 Å². The summed E-state index contributed by atoms with van der Waals surface area (Å²) < 4.78 is 54.9. The average Bonchev–Trinajstić information content (AvgIpc) is 3.35. The van der Waals surface area contributed by atoms with Gasteiger partial charge in [-0.1, -0.05) is 6.07 Å². The Labute approximate surface area is 204 Å². The van der Waals surface area contributed by atoms with Gasteiger partial charge in [-0.3, -0.25) is 4.79 Å². The molecule has 1 saturated heterocycles. The lowest BCUT2D eigenvalue weighted by atomic mass is 10.1. The molecular weight excluding hydrogens is 490 g/mol. The number of aryl methyl sites for hydroxylation is 2. The van der Waals surface area contributed by atoms with E-state index >= 15 is 0 Å². The molecule has 0 saturated carbocycles. The lowest BCUT2D eigenvalue weighted by Gasteiger charge is -2.18. The van der Waals surface area contributed by atoms with Crippen LogP contribution in [0.5, 0.6) is 0 Å². The summed E-state index contributed by atoms with van der Waals surface area (Å²) in [6, 6.07) is 11.7. The Morgan fingerprint density at radius 1 is 0.943 bits per heavy atom. The lowest BCUT2D eigenvalue weighted by molar-refractivity contribution is 0.102. The molecule has 0 aliphatic carbocycles. The van der Waals surface area contributed by atoms with Gasteiger partial charge in [0.15, 0.2) is 0 Å². The zero-order chi connectivity index (χ0) is 25.2. The molecule has 1 aliphatic heterocycles. The maximum Gasteiger partial charge on any atom is 0.264 e. The van der Waals surface area contributed by atoms with Crippen molar-refractivity contribution in [1.82, 2.24) is 14.3 Å². The monoisotopic (exact) mass is 515 g/mol. The van der Waals surface area contributed by atoms with Crippen molar-refractivity contribution >= 4 is 37.6 Å². The summed E-state index contributed by atoms with van der Waals surface area (Å²) in [6.45, 7) is 4.35. The van der Waals surface area contributed by atoms with Crippen molar-refractivity contribution in [1.29, 1.82) is 0 Å². The fourth-order valence-electron chi connectivity index (χ4n) is 3.68. The Morgan fingerprint density at radius 2 is 1.63 bits per heavy atom. The van der Waals surface area contributed by atoms with E-state index in [4.69, 9.17) is 0 Å². The maximum atomic E-state index is 13.0. The van der Waals surface area contributed by atoms with Gasteiger partial charge in [-0.15, -0.1) is 0 Å². The minimum absolute atomic E-state index is 0.0325. The summed E-state index contributed by atoms with van der Waals surface area (Å²) >= 11 is 0. The first-order valence-electron chi connectivity index (χ1n) is 10.9. The number of carbonyl (C=O) groups is 1. The molecule has 0 bridgehead atoms. The number of nitrogens with zero attached hydrogens (tertiary/aromatic N) is 3. The Kier molecular flexibility index (Phi) is 6.88. The molecule has 0 spiro atoms. The molecule has 184 valence electrons. The van der Waals surface area contributed by atoms with Gasteiger partial charge in [0.1, 0.15) is 0 Å². The largest absolute Gasteiger partial charge is 0.322 e. The summed E-state index contributed by atoms with van der Waals surface area (Å²) in [5, 5.41) is 2.67. The van der Waals surface area contributed by atoms with Crippen LogP contribution in [0.4, 0.5) is 11.6 Å². The molecule has 2 heterocycles. The normalized spacial score (nSPS) is 14.6. The molecule has 10 nitrogen and oxygen atoms in total. The number of carbonyl (C=O) groups excluding carboxylic acids is 1. The Balaban J connectivity index is 1.50. The zero-order valence-corrected chi connectivity index (χ0v) is 20.9. The van der Waals surface area contributed by atoms with E-state index < -0.39 is 26.0 Å². The molecule has 1 amide bonds. The second-order valence-electron chi connectivity index (χ2n) is 8.20. The van der Waals surface area contributed by atoms with Crippen LogP contribution in [0.3, 0.4) is 0 Å². The number of aromatic nitrogens is 2. The highest BCUT2D eigenvalue weighted by Gasteiger charge is 2.29. The van der Waals surface area contributed by atoms with Gasteiger partial charge in [0.25, 0.3) is 15.9 Å². The van der Waals surface area contributed by atoms with Gasteiger partial charge in [-0.25, -0.2) is 31.5 Å². The summed E-state index contributed by atoms with van der Waals surface area (Å²) in [4.78, 5) is 20.8. The Hall–Kier alpha value is -3.35. The molecule has 3 aromatic rings. The second kappa shape index (κ2) is 9.72. The fourth-order valence-corrected chi connectivity index (χ4v) is 6.40. The van der Waals surface area contributed by atoms with E-state index in [0.29, 0.717) is 30.0 Å². The molecule has 2 N–H and O–H groups in total. The van der Waals surface area contributed by atoms with Gasteiger partial charge in [0, 0.05) is 36.2 Å². The minimum Gasteiger partial charge on any atom is -0.322 e. The quantitative estimate of drug-likeness (QED) is 0.493. The molecule has 4 rings (SSSR count). The van der Waals surface area contributed by atoms with E-state index in [-0.39, 0.29) is 21.3 Å². The SMILES string of the molecule is Cc1ccnc(NS(=O)(=O)c2ccc(NC(=O)c3ccc(C)c(S(=O)(=O)N4CCCC4)c3)cc2)n1. The van der Waals surface area contributed by atoms with Crippen LogP contribution in [0.15, 0.2) is 64.5 Å². The molecule has 12 heteroatoms. The fraction of sp³-hybridized carbons (Fsp3) is 0.261. The van der Waals surface area contributed by atoms with Crippen LogP contribution in [0, 0.1) is 13.8 Å². The van der Waals surface area contributed by atoms with E-state index in [1.165, 1.54) is 40.8 Å². The Morgan fingerprint density at radius 3 is 2.29 bits per heavy atom. The van der Waals surface area contributed by atoms with Crippen LogP contribution in [0.2, 0.25) is 0 Å². The van der Waals surface area contributed by atoms with Crippen LogP contribution in [-0.4, -0.2) is 50.1 Å². The highest BCUT2D eigenvalue weighted by Crippen LogP contribution is 2.25. The highest BCUT2D eigenvalue weighted by atomic mass is 32.2. The summed E-state index contributed by atoms with van der Waals surface area (Å²) in [7, 11) is -7.60. The van der Waals surface area contributed by atoms with Crippen molar-refractivity contribution in [2.24, 2.45) is 0 Å². The maximum absolute atomic E-state index is 13.0. The molecule has 0 radical (unpaired) electrons. The first-order chi connectivity index (χ1) is 16.6. The van der Waals surface area contributed by atoms with Crippen LogP contribution in [-0.2, 0) is 20.0 Å². The van der Waals surface area contributed by atoms with Crippen LogP contribution < -0.4 is 10.0 Å². The Bertz CT molecular complexity index is 1470. The van der Waals surface area contributed by atoms with Crippen molar-refractivity contribution < 1.29 is 21.6 Å². The minimum atomic E-state index is -3.92. The predicted molar refractivity (Wildman–Crippen MR) is 131 cm³/mol. The zero-order valence-electron chi connectivity index (χ0n) is 19.2. The summed E-state index contributed by atoms with van der Waals surface area (Å²) in [5.41, 5.74) is 1.71. The number of hydrogen-bond donors (Lipinski definition) is 2. The van der Waals surface area contributed by atoms with Gasteiger partial charge >= 0.3 is 0 Å². The van der Waals surface area contributed by atoms with E-state index in [9.17, 15) is 21.6 Å². The van der Waals surface area contributed by atoms with Gasteiger partial charge in [-0.2, -0.15) is 4.31 Å². The molecule has 35 heavy (non-hydrogen) atoms. The van der Waals surface area contributed by atoms with Crippen molar-refractivity contribution in [3.63, 3.8) is 0 Å². The van der Waals surface area contributed by atoms with Crippen molar-refractivity contribution in [3.05, 3.63) is 71.5 Å². The molecule has 0 atom stereocenters. The molecule has 1 aliphatic rings. The first kappa shape index (κ1) is 24.8. The van der Waals surface area contributed by atoms with E-state index in [0.717, 1.165) is 12.8 Å². The molecule has 0 unspecified atom stereocenters. The average molecular weight is 516 g/mol. The van der Waals surface area contributed by atoms with E-state index in [1.807, 2.05) is 0 Å². The number of rotatable bonds is 7. The smallest absolute Gasteiger partial charge is 0.264 e. The van der Waals surface area contributed by atoms with Gasteiger partial charge < -0.3 is 5.32 Å². The molecule has 1 fully saturated rings. The predicted octanol–water partition coefficient (Wildman–Crippen LogP) is 2.93. The van der Waals surface area contributed by atoms with E-state index in [1.54, 1.807) is 32.0 Å². The van der Waals surface area contributed by atoms with Gasteiger partial charge in [0.05, 0.1) is 9.79 Å². The van der Waals surface area contributed by atoms with Crippen molar-refractivity contribution in [2.75, 3.05) is 23.1 Å². The third-order valence-corrected chi connectivity index (χ3v) is 8.96. The number of hydrogen-bond acceptors (Lipinski definition) is 7. The second-order valence-corrected chi connectivity index (χ2v) is 11.8. The lowest BCUT2D eigenvalue weighted by Crippen LogP contribution is -2.28. The molecule has 2 aromatic carbocycles. The number of anilines is 2. The number of benzene rings is 2. The van der Waals surface area contributed by atoms with Crippen LogP contribution in [0.25, 0.3) is 0 Å². The number of nitrogens with one attached hydrogen (secondary N) is 2. The standard InChI is InChI=1S/C23H25N5O5S2/c1-16-5-6-18(15-21(16)35(32,33)28-13-3-4-14-28)22(29)26-19-7-9-20(10-8-19)34(30,31)27-23-24-12-11-17(2)25-23/h5-12,15H,3-4,13-14H2,1-2H3,(H,26,29)(H,24,25,27). The number of sulfonamides is 2. The van der Waals surface area contributed by atoms with Crippen LogP contribution in [0.1, 0.15) is 34.5 Å². The van der Waals surface area contributed by atoms with E-state index in [2.05, 4.69) is 20.0 Å².